The monoisotopic (exact) mass is 267 g/mol. The molecular formula is C9H6BrN3O2. The van der Waals surface area contributed by atoms with Crippen LogP contribution in [0.15, 0.2) is 35.3 Å². The van der Waals surface area contributed by atoms with Crippen molar-refractivity contribution in [2.45, 2.75) is 0 Å². The molecule has 0 aliphatic carbocycles. The van der Waals surface area contributed by atoms with Crippen LogP contribution in [0.5, 0.6) is 0 Å². The summed E-state index contributed by atoms with van der Waals surface area (Å²) in [6.07, 6.45) is 2.81. The number of halogens is 1. The zero-order chi connectivity index (χ0) is 10.8. The largest absolute Gasteiger partial charge is 0.478 e. The van der Waals surface area contributed by atoms with Gasteiger partial charge in [-0.05, 0) is 28.1 Å². The molecule has 0 unspecified atom stereocenters. The number of hydrogen-bond donors (Lipinski definition) is 1. The summed E-state index contributed by atoms with van der Waals surface area (Å²) in [7, 11) is 0. The maximum Gasteiger partial charge on any atom is 0.339 e. The van der Waals surface area contributed by atoms with Crippen LogP contribution in [0.25, 0.3) is 5.69 Å². The average molecular weight is 268 g/mol. The summed E-state index contributed by atoms with van der Waals surface area (Å²) >= 11 is 3.19. The fourth-order valence-corrected chi connectivity index (χ4v) is 1.77. The van der Waals surface area contributed by atoms with E-state index in [0.29, 0.717) is 10.2 Å². The lowest BCUT2D eigenvalue weighted by Gasteiger charge is -2.06. The van der Waals surface area contributed by atoms with Gasteiger partial charge in [0.25, 0.3) is 0 Å². The molecule has 0 amide bonds. The van der Waals surface area contributed by atoms with Crippen LogP contribution in [-0.4, -0.2) is 25.8 Å². The summed E-state index contributed by atoms with van der Waals surface area (Å²) in [4.78, 5) is 14.8. The lowest BCUT2D eigenvalue weighted by Crippen LogP contribution is -2.06. The molecule has 0 aliphatic rings. The van der Waals surface area contributed by atoms with E-state index in [1.54, 1.807) is 18.2 Å². The number of carbonyl (C=O) groups is 1. The molecule has 0 saturated carbocycles. The molecule has 2 rings (SSSR count). The van der Waals surface area contributed by atoms with Gasteiger partial charge in [0.2, 0.25) is 0 Å². The van der Waals surface area contributed by atoms with E-state index in [1.165, 1.54) is 17.3 Å². The van der Waals surface area contributed by atoms with Gasteiger partial charge >= 0.3 is 5.97 Å². The number of aromatic nitrogens is 3. The Hall–Kier alpha value is -1.69. The smallest absolute Gasteiger partial charge is 0.339 e. The Morgan fingerprint density at radius 3 is 2.87 bits per heavy atom. The molecule has 0 spiro atoms. The predicted octanol–water partition coefficient (Wildman–Crippen LogP) is 1.73. The highest BCUT2D eigenvalue weighted by atomic mass is 79.9. The van der Waals surface area contributed by atoms with E-state index in [2.05, 4.69) is 26.0 Å². The van der Waals surface area contributed by atoms with Crippen molar-refractivity contribution < 1.29 is 9.90 Å². The molecule has 0 atom stereocenters. The summed E-state index contributed by atoms with van der Waals surface area (Å²) in [5.41, 5.74) is 0.650. The van der Waals surface area contributed by atoms with Gasteiger partial charge in [-0.2, -0.15) is 5.10 Å². The molecular weight excluding hydrogens is 262 g/mol. The molecule has 5 nitrogen and oxygen atoms in total. The zero-order valence-electron chi connectivity index (χ0n) is 7.46. The Bertz CT molecular complexity index is 496. The van der Waals surface area contributed by atoms with Crippen LogP contribution >= 0.6 is 15.9 Å². The number of benzene rings is 1. The van der Waals surface area contributed by atoms with Crippen molar-refractivity contribution in [3.8, 4) is 5.69 Å². The minimum absolute atomic E-state index is 0.169. The van der Waals surface area contributed by atoms with Crippen molar-refractivity contribution in [3.63, 3.8) is 0 Å². The molecule has 76 valence electrons. The minimum atomic E-state index is -1.01. The number of carboxylic acids is 1. The van der Waals surface area contributed by atoms with Crippen LogP contribution in [0.2, 0.25) is 0 Å². The molecule has 0 bridgehead atoms. The van der Waals surface area contributed by atoms with E-state index in [4.69, 9.17) is 5.11 Å². The highest BCUT2D eigenvalue weighted by Gasteiger charge is 2.15. The lowest BCUT2D eigenvalue weighted by molar-refractivity contribution is 0.0696. The van der Waals surface area contributed by atoms with E-state index >= 15 is 0 Å². The summed E-state index contributed by atoms with van der Waals surface area (Å²) in [5.74, 6) is -1.01. The highest BCUT2D eigenvalue weighted by molar-refractivity contribution is 9.10. The molecule has 0 radical (unpaired) electrons. The number of nitrogens with zero attached hydrogens (tertiary/aromatic N) is 3. The number of aromatic carboxylic acids is 1. The van der Waals surface area contributed by atoms with E-state index in [9.17, 15) is 4.79 Å². The maximum absolute atomic E-state index is 11.0. The van der Waals surface area contributed by atoms with Crippen LogP contribution in [0, 0.1) is 0 Å². The Labute approximate surface area is 93.5 Å². The topological polar surface area (TPSA) is 68.0 Å². The van der Waals surface area contributed by atoms with Gasteiger partial charge in [0, 0.05) is 4.47 Å². The first-order valence-electron chi connectivity index (χ1n) is 4.07. The third-order valence-corrected chi connectivity index (χ3v) is 2.53. The highest BCUT2D eigenvalue weighted by Crippen LogP contribution is 2.22. The first-order valence-corrected chi connectivity index (χ1v) is 4.86. The Balaban J connectivity index is 2.66. The van der Waals surface area contributed by atoms with Gasteiger partial charge in [-0.1, -0.05) is 6.07 Å². The van der Waals surface area contributed by atoms with Crippen LogP contribution in [0.4, 0.5) is 0 Å². The fourth-order valence-electron chi connectivity index (χ4n) is 1.25. The molecule has 0 aliphatic heterocycles. The van der Waals surface area contributed by atoms with Gasteiger partial charge in [0.1, 0.15) is 12.7 Å². The van der Waals surface area contributed by atoms with Crippen molar-refractivity contribution in [1.29, 1.82) is 0 Å². The van der Waals surface area contributed by atoms with Gasteiger partial charge in [0.15, 0.2) is 0 Å². The average Bonchev–Trinajstić information content (AvgIpc) is 2.69. The zero-order valence-corrected chi connectivity index (χ0v) is 9.05. The number of hydrogen-bond acceptors (Lipinski definition) is 3. The molecule has 1 aromatic heterocycles. The molecule has 2 aromatic rings. The van der Waals surface area contributed by atoms with Gasteiger partial charge in [-0.25, -0.2) is 14.5 Å². The van der Waals surface area contributed by atoms with Gasteiger partial charge in [-0.3, -0.25) is 0 Å². The molecule has 1 N–H and O–H groups in total. The Morgan fingerprint density at radius 2 is 2.27 bits per heavy atom. The van der Waals surface area contributed by atoms with Gasteiger partial charge < -0.3 is 5.11 Å². The van der Waals surface area contributed by atoms with Crippen molar-refractivity contribution >= 4 is 21.9 Å². The Kier molecular flexibility index (Phi) is 2.51. The summed E-state index contributed by atoms with van der Waals surface area (Å²) in [6.45, 7) is 0. The Morgan fingerprint density at radius 1 is 1.47 bits per heavy atom. The molecule has 6 heteroatoms. The van der Waals surface area contributed by atoms with Crippen molar-refractivity contribution in [3.05, 3.63) is 40.9 Å². The minimum Gasteiger partial charge on any atom is -0.478 e. The second-order valence-corrected chi connectivity index (χ2v) is 3.63. The molecule has 1 heterocycles. The first kappa shape index (κ1) is 9.85. The molecule has 1 aromatic carbocycles. The van der Waals surface area contributed by atoms with Crippen molar-refractivity contribution in [2.75, 3.05) is 0 Å². The second kappa shape index (κ2) is 3.82. The van der Waals surface area contributed by atoms with Crippen LogP contribution < -0.4 is 0 Å². The molecule has 0 fully saturated rings. The van der Waals surface area contributed by atoms with Crippen molar-refractivity contribution in [2.24, 2.45) is 0 Å². The first-order chi connectivity index (χ1) is 7.20. The quantitative estimate of drug-likeness (QED) is 0.900. The number of rotatable bonds is 2. The third kappa shape index (κ3) is 1.75. The normalized spacial score (nSPS) is 10.2. The SMILES string of the molecule is O=C(O)c1c(Br)cccc1-n1cncn1. The lowest BCUT2D eigenvalue weighted by atomic mass is 10.2. The van der Waals surface area contributed by atoms with Crippen LogP contribution in [0.1, 0.15) is 10.4 Å². The van der Waals surface area contributed by atoms with E-state index in [-0.39, 0.29) is 5.56 Å². The van der Waals surface area contributed by atoms with Gasteiger partial charge in [0.05, 0.1) is 11.3 Å². The van der Waals surface area contributed by atoms with Crippen molar-refractivity contribution in [1.82, 2.24) is 14.8 Å². The third-order valence-electron chi connectivity index (χ3n) is 1.87. The van der Waals surface area contributed by atoms with Gasteiger partial charge in [-0.15, -0.1) is 0 Å². The number of carboxylic acid groups (broad SMARTS) is 1. The predicted molar refractivity (Wildman–Crippen MR) is 56.0 cm³/mol. The summed E-state index contributed by atoms with van der Waals surface area (Å²) in [6, 6.07) is 5.08. The van der Waals surface area contributed by atoms with Crippen LogP contribution in [-0.2, 0) is 0 Å². The summed E-state index contributed by atoms with van der Waals surface area (Å²) < 4.78 is 1.93. The molecule has 0 saturated heterocycles. The summed E-state index contributed by atoms with van der Waals surface area (Å²) in [5, 5.41) is 12.9. The standard InChI is InChI=1S/C9H6BrN3O2/c10-6-2-1-3-7(8(6)9(14)15)13-5-11-4-12-13/h1-5H,(H,14,15). The molecule has 15 heavy (non-hydrogen) atoms. The maximum atomic E-state index is 11.0. The van der Waals surface area contributed by atoms with Crippen LogP contribution in [0.3, 0.4) is 0 Å². The van der Waals surface area contributed by atoms with E-state index < -0.39 is 5.97 Å². The fraction of sp³-hybridized carbons (Fsp3) is 0. The second-order valence-electron chi connectivity index (χ2n) is 2.78. The van der Waals surface area contributed by atoms with E-state index in [1.807, 2.05) is 0 Å². The van der Waals surface area contributed by atoms with E-state index in [0.717, 1.165) is 0 Å².